The Bertz CT molecular complexity index is 867. The van der Waals surface area contributed by atoms with Crippen molar-refractivity contribution in [2.75, 3.05) is 11.5 Å². The van der Waals surface area contributed by atoms with Gasteiger partial charge in [0.05, 0.1) is 10.7 Å². The average molecular weight is 320 g/mol. The third kappa shape index (κ3) is 2.59. The maximum Gasteiger partial charge on any atom is 0.368 e. The van der Waals surface area contributed by atoms with Gasteiger partial charge in [-0.2, -0.15) is 24.3 Å². The van der Waals surface area contributed by atoms with Crippen molar-refractivity contribution in [3.63, 3.8) is 0 Å². The fourth-order valence-electron chi connectivity index (χ4n) is 1.81. The Balaban J connectivity index is 1.98. The van der Waals surface area contributed by atoms with Crippen LogP contribution >= 0.6 is 11.6 Å². The van der Waals surface area contributed by atoms with Crippen molar-refractivity contribution in [1.82, 2.24) is 34.7 Å². The van der Waals surface area contributed by atoms with Gasteiger partial charge in [0.25, 0.3) is 0 Å². The number of rotatable bonds is 3. The lowest BCUT2D eigenvalue weighted by atomic mass is 10.3. The van der Waals surface area contributed by atoms with Crippen molar-refractivity contribution >= 4 is 23.5 Å². The quantitative estimate of drug-likeness (QED) is 0.656. The van der Waals surface area contributed by atoms with Crippen molar-refractivity contribution in [3.05, 3.63) is 45.6 Å². The standard InChI is InChI=1S/C11H10ClN9O/c12-6-3-1-2-4-7(6)21-11(22)20(18-19-21)5-8-15-9(13)17-10(14)16-8/h1-4H,5H2,(H4,13,14,15,16,17). The first kappa shape index (κ1) is 13.9. The van der Waals surface area contributed by atoms with Gasteiger partial charge in [0.15, 0.2) is 5.82 Å². The molecule has 2 heterocycles. The van der Waals surface area contributed by atoms with Crippen molar-refractivity contribution in [2.24, 2.45) is 0 Å². The van der Waals surface area contributed by atoms with Crippen molar-refractivity contribution in [3.8, 4) is 5.69 Å². The number of halogens is 1. The van der Waals surface area contributed by atoms with Crippen LogP contribution in [0.15, 0.2) is 29.1 Å². The molecule has 0 aliphatic carbocycles. The first-order chi connectivity index (χ1) is 10.5. The number of hydrogen-bond acceptors (Lipinski definition) is 8. The highest BCUT2D eigenvalue weighted by Crippen LogP contribution is 2.16. The Kier molecular flexibility index (Phi) is 3.43. The van der Waals surface area contributed by atoms with E-state index < -0.39 is 5.69 Å². The van der Waals surface area contributed by atoms with Gasteiger partial charge in [-0.25, -0.2) is 4.79 Å². The molecule has 0 bridgehead atoms. The first-order valence-corrected chi connectivity index (χ1v) is 6.46. The van der Waals surface area contributed by atoms with Gasteiger partial charge in [0.1, 0.15) is 6.54 Å². The monoisotopic (exact) mass is 319 g/mol. The number of hydrogen-bond donors (Lipinski definition) is 2. The maximum atomic E-state index is 12.3. The molecule has 0 spiro atoms. The highest BCUT2D eigenvalue weighted by Gasteiger charge is 2.13. The van der Waals surface area contributed by atoms with Gasteiger partial charge in [0, 0.05) is 0 Å². The zero-order valence-electron chi connectivity index (χ0n) is 11.1. The third-order valence-corrected chi connectivity index (χ3v) is 3.05. The molecule has 0 saturated heterocycles. The van der Waals surface area contributed by atoms with E-state index in [4.69, 9.17) is 23.1 Å². The minimum Gasteiger partial charge on any atom is -0.368 e. The summed E-state index contributed by atoms with van der Waals surface area (Å²) in [5.41, 5.74) is 10.9. The molecule has 1 aromatic carbocycles. The summed E-state index contributed by atoms with van der Waals surface area (Å²) in [6, 6.07) is 6.79. The van der Waals surface area contributed by atoms with Crippen LogP contribution in [0.3, 0.4) is 0 Å². The molecule has 3 aromatic rings. The predicted octanol–water partition coefficient (Wildman–Crippen LogP) is -0.520. The van der Waals surface area contributed by atoms with Gasteiger partial charge in [-0.15, -0.1) is 0 Å². The molecule has 0 aliphatic rings. The van der Waals surface area contributed by atoms with Crippen LogP contribution in [0.1, 0.15) is 5.82 Å². The van der Waals surface area contributed by atoms with E-state index in [1.54, 1.807) is 24.3 Å². The fourth-order valence-corrected chi connectivity index (χ4v) is 2.03. The molecule has 0 unspecified atom stereocenters. The Morgan fingerprint density at radius 1 is 1.05 bits per heavy atom. The Labute approximate surface area is 128 Å². The highest BCUT2D eigenvalue weighted by atomic mass is 35.5. The summed E-state index contributed by atoms with van der Waals surface area (Å²) in [4.78, 5) is 23.7. The summed E-state index contributed by atoms with van der Waals surface area (Å²) in [7, 11) is 0. The normalized spacial score (nSPS) is 10.8. The minimum atomic E-state index is -0.495. The molecule has 0 fully saturated rings. The molecule has 11 heteroatoms. The zero-order valence-corrected chi connectivity index (χ0v) is 11.8. The molecule has 2 aromatic heterocycles. The molecule has 0 radical (unpaired) electrons. The summed E-state index contributed by atoms with van der Waals surface area (Å²) >= 11 is 6.04. The van der Waals surface area contributed by atoms with Crippen LogP contribution in [-0.2, 0) is 6.54 Å². The number of nitrogens with two attached hydrogens (primary N) is 2. The molecule has 4 N–H and O–H groups in total. The number of tetrazole rings is 1. The Hall–Kier alpha value is -3.01. The number of anilines is 2. The van der Waals surface area contributed by atoms with Gasteiger partial charge in [0.2, 0.25) is 11.9 Å². The molecule has 0 aliphatic heterocycles. The second kappa shape index (κ2) is 5.41. The van der Waals surface area contributed by atoms with Gasteiger partial charge in [-0.05, 0) is 22.6 Å². The van der Waals surface area contributed by atoms with E-state index in [1.807, 2.05) is 0 Å². The van der Waals surface area contributed by atoms with Crippen molar-refractivity contribution < 1.29 is 0 Å². The molecule has 0 saturated carbocycles. The molecular formula is C11H10ClN9O. The van der Waals surface area contributed by atoms with Crippen molar-refractivity contribution in [1.29, 1.82) is 0 Å². The smallest absolute Gasteiger partial charge is 0.368 e. The van der Waals surface area contributed by atoms with Crippen LogP contribution in [0.4, 0.5) is 11.9 Å². The van der Waals surface area contributed by atoms with Gasteiger partial charge >= 0.3 is 5.69 Å². The van der Waals surface area contributed by atoms with E-state index in [1.165, 1.54) is 0 Å². The first-order valence-electron chi connectivity index (χ1n) is 6.08. The fraction of sp³-hybridized carbons (Fsp3) is 0.0909. The molecule has 3 rings (SSSR count). The van der Waals surface area contributed by atoms with Crippen LogP contribution in [0.5, 0.6) is 0 Å². The molecule has 0 amide bonds. The van der Waals surface area contributed by atoms with E-state index in [0.717, 1.165) is 9.36 Å². The predicted molar refractivity (Wildman–Crippen MR) is 78.4 cm³/mol. The highest BCUT2D eigenvalue weighted by molar-refractivity contribution is 6.32. The molecule has 112 valence electrons. The lowest BCUT2D eigenvalue weighted by molar-refractivity contribution is 0.608. The van der Waals surface area contributed by atoms with E-state index in [2.05, 4.69) is 25.4 Å². The Morgan fingerprint density at radius 2 is 1.73 bits per heavy atom. The molecule has 0 atom stereocenters. The van der Waals surface area contributed by atoms with Crippen LogP contribution in [0, 0.1) is 0 Å². The third-order valence-electron chi connectivity index (χ3n) is 2.73. The SMILES string of the molecule is Nc1nc(N)nc(Cn2nnn(-c3ccccc3Cl)c2=O)n1. The van der Waals surface area contributed by atoms with Crippen molar-refractivity contribution in [2.45, 2.75) is 6.54 Å². The number of nitrogen functional groups attached to an aromatic ring is 2. The summed E-state index contributed by atoms with van der Waals surface area (Å²) in [6.45, 7) is -0.0415. The minimum absolute atomic E-state index is 0.0333. The lowest BCUT2D eigenvalue weighted by Crippen LogP contribution is -2.26. The van der Waals surface area contributed by atoms with Crippen LogP contribution in [0.2, 0.25) is 5.02 Å². The molecular weight excluding hydrogens is 310 g/mol. The number of aromatic nitrogens is 7. The second-order valence-electron chi connectivity index (χ2n) is 4.25. The zero-order chi connectivity index (χ0) is 15.7. The summed E-state index contributed by atoms with van der Waals surface area (Å²) in [6.07, 6.45) is 0. The second-order valence-corrected chi connectivity index (χ2v) is 4.66. The van der Waals surface area contributed by atoms with Gasteiger partial charge in [-0.3, -0.25) is 0 Å². The number of benzene rings is 1. The Morgan fingerprint density at radius 3 is 2.41 bits per heavy atom. The van der Waals surface area contributed by atoms with E-state index >= 15 is 0 Å². The van der Waals surface area contributed by atoms with E-state index in [-0.39, 0.29) is 24.3 Å². The average Bonchev–Trinajstić information content (AvgIpc) is 2.80. The summed E-state index contributed by atoms with van der Waals surface area (Å²) < 4.78 is 2.15. The summed E-state index contributed by atoms with van der Waals surface area (Å²) in [5, 5.41) is 7.93. The van der Waals surface area contributed by atoms with Gasteiger partial charge < -0.3 is 11.5 Å². The largest absolute Gasteiger partial charge is 0.368 e. The molecule has 22 heavy (non-hydrogen) atoms. The number of para-hydroxylation sites is 1. The van der Waals surface area contributed by atoms with Gasteiger partial charge in [-0.1, -0.05) is 23.7 Å². The maximum absolute atomic E-state index is 12.3. The van der Waals surface area contributed by atoms with Crippen LogP contribution in [0.25, 0.3) is 5.69 Å². The van der Waals surface area contributed by atoms with Crippen LogP contribution in [-0.4, -0.2) is 34.7 Å². The number of nitrogens with zero attached hydrogens (tertiary/aromatic N) is 7. The lowest BCUT2D eigenvalue weighted by Gasteiger charge is -2.01. The van der Waals surface area contributed by atoms with E-state index in [9.17, 15) is 4.79 Å². The molecule has 10 nitrogen and oxygen atoms in total. The van der Waals surface area contributed by atoms with Crippen LogP contribution < -0.4 is 17.2 Å². The van der Waals surface area contributed by atoms with E-state index in [0.29, 0.717) is 10.7 Å². The summed E-state index contributed by atoms with van der Waals surface area (Å²) in [5.74, 6) is 0.140. The topological polar surface area (TPSA) is 143 Å².